The molecule has 1 aliphatic rings. The van der Waals surface area contributed by atoms with Crippen LogP contribution in [0.2, 0.25) is 0 Å². The molecule has 8 heteroatoms. The van der Waals surface area contributed by atoms with Crippen LogP contribution in [0, 0.1) is 0 Å². The number of aryl methyl sites for hydroxylation is 1. The first-order chi connectivity index (χ1) is 15.1. The summed E-state index contributed by atoms with van der Waals surface area (Å²) in [5, 5.41) is 0. The Kier molecular flexibility index (Phi) is 6.67. The third-order valence-electron chi connectivity index (χ3n) is 6.09. The Labute approximate surface area is 182 Å². The van der Waals surface area contributed by atoms with E-state index in [-0.39, 0.29) is 5.69 Å². The fourth-order valence-electron chi connectivity index (χ4n) is 4.19. The van der Waals surface area contributed by atoms with E-state index in [2.05, 4.69) is 51.0 Å². The topological polar surface area (TPSA) is 102 Å². The molecular weight excluding hydrogens is 392 g/mol. The summed E-state index contributed by atoms with van der Waals surface area (Å²) in [6.07, 6.45) is 5.37. The molecule has 1 aromatic carbocycles. The lowest BCUT2D eigenvalue weighted by Crippen LogP contribution is -2.36. The molecule has 0 bridgehead atoms. The Morgan fingerprint density at radius 3 is 2.45 bits per heavy atom. The lowest BCUT2D eigenvalue weighted by Gasteiger charge is -2.31. The zero-order chi connectivity index (χ0) is 21.8. The highest BCUT2D eigenvalue weighted by atomic mass is 16.5. The van der Waals surface area contributed by atoms with Gasteiger partial charge in [-0.15, -0.1) is 0 Å². The highest BCUT2D eigenvalue weighted by Gasteiger charge is 2.19. The second-order valence-electron chi connectivity index (χ2n) is 8.37. The predicted molar refractivity (Wildman–Crippen MR) is 122 cm³/mol. The van der Waals surface area contributed by atoms with E-state index in [1.807, 2.05) is 0 Å². The van der Waals surface area contributed by atoms with Gasteiger partial charge in [0.25, 0.3) is 0 Å². The van der Waals surface area contributed by atoms with E-state index in [0.717, 1.165) is 57.3 Å². The minimum Gasteiger partial charge on any atom is -0.382 e. The average molecular weight is 425 g/mol. The number of ether oxygens (including phenoxy) is 1. The van der Waals surface area contributed by atoms with E-state index >= 15 is 0 Å². The fraction of sp³-hybridized carbons (Fsp3) is 0.522. The predicted octanol–water partition coefficient (Wildman–Crippen LogP) is 2.70. The van der Waals surface area contributed by atoms with Gasteiger partial charge in [-0.2, -0.15) is 0 Å². The van der Waals surface area contributed by atoms with Crippen molar-refractivity contribution in [2.45, 2.75) is 58.2 Å². The van der Waals surface area contributed by atoms with Crippen LogP contribution in [0.1, 0.15) is 49.6 Å². The first kappa shape index (κ1) is 21.5. The number of hydrogen-bond donors (Lipinski definition) is 2. The molecule has 0 saturated carbocycles. The number of unbranched alkanes of at least 4 members (excludes halogenated alkanes) is 1. The largest absolute Gasteiger partial charge is 0.382 e. The third-order valence-corrected chi connectivity index (χ3v) is 6.09. The lowest BCUT2D eigenvalue weighted by molar-refractivity contribution is 0.0388. The van der Waals surface area contributed by atoms with Gasteiger partial charge in [-0.25, -0.2) is 14.8 Å². The van der Waals surface area contributed by atoms with Crippen LogP contribution >= 0.6 is 0 Å². The van der Waals surface area contributed by atoms with Crippen molar-refractivity contribution in [3.63, 3.8) is 0 Å². The molecule has 0 atom stereocenters. The summed E-state index contributed by atoms with van der Waals surface area (Å²) in [6.45, 7) is 5.63. The van der Waals surface area contributed by atoms with E-state index < -0.39 is 0 Å². The van der Waals surface area contributed by atoms with Gasteiger partial charge < -0.3 is 15.5 Å². The summed E-state index contributed by atoms with van der Waals surface area (Å²) in [6, 6.07) is 8.47. The number of aromatic amines is 1. The van der Waals surface area contributed by atoms with Gasteiger partial charge in [0, 0.05) is 33.2 Å². The van der Waals surface area contributed by atoms with Gasteiger partial charge in [0.15, 0.2) is 11.5 Å². The van der Waals surface area contributed by atoms with Crippen molar-refractivity contribution in [2.75, 3.05) is 25.9 Å². The molecule has 8 nitrogen and oxygen atoms in total. The molecule has 1 aliphatic heterocycles. The number of aromatic nitrogens is 4. The summed E-state index contributed by atoms with van der Waals surface area (Å²) >= 11 is 0. The zero-order valence-electron chi connectivity index (χ0n) is 18.4. The molecule has 31 heavy (non-hydrogen) atoms. The number of anilines is 1. The molecule has 166 valence electrons. The number of nitrogens with one attached hydrogen (secondary N) is 1. The summed E-state index contributed by atoms with van der Waals surface area (Å²) < 4.78 is 7.10. The van der Waals surface area contributed by atoms with E-state index in [1.165, 1.54) is 5.56 Å². The Bertz CT molecular complexity index is 1060. The SMILES string of the molecule is CCCCc1nc(N)c2[nH]c(=O)n(Cc3ccc(CN4CCC(OC)CC4)cc3)c2n1. The lowest BCUT2D eigenvalue weighted by atomic mass is 10.1. The number of nitrogens with zero attached hydrogens (tertiary/aromatic N) is 4. The standard InChI is InChI=1S/C23H32N6O2/c1-3-4-5-19-25-21(24)20-22(26-19)29(23(30)27-20)15-17-8-6-16(7-9-17)14-28-12-10-18(31-2)11-13-28/h6-9,18H,3-5,10-15H2,1-2H3,(H,27,30)(H2,24,25,26). The molecule has 0 unspecified atom stereocenters. The normalized spacial score (nSPS) is 15.7. The van der Waals surface area contributed by atoms with Gasteiger partial charge >= 0.3 is 5.69 Å². The van der Waals surface area contributed by atoms with Gasteiger partial charge in [-0.1, -0.05) is 37.6 Å². The highest BCUT2D eigenvalue weighted by Crippen LogP contribution is 2.18. The first-order valence-corrected chi connectivity index (χ1v) is 11.1. The van der Waals surface area contributed by atoms with E-state index in [9.17, 15) is 4.79 Å². The molecule has 4 rings (SSSR count). The van der Waals surface area contributed by atoms with Crippen LogP contribution in [0.3, 0.4) is 0 Å². The van der Waals surface area contributed by atoms with E-state index in [1.54, 1.807) is 11.7 Å². The second-order valence-corrected chi connectivity index (χ2v) is 8.37. The fourth-order valence-corrected chi connectivity index (χ4v) is 4.19. The van der Waals surface area contributed by atoms with Crippen molar-refractivity contribution >= 4 is 17.0 Å². The number of H-pyrrole nitrogens is 1. The minimum absolute atomic E-state index is 0.214. The molecular formula is C23H32N6O2. The van der Waals surface area contributed by atoms with Crippen LogP contribution in [-0.4, -0.2) is 50.7 Å². The third kappa shape index (κ3) is 4.97. The summed E-state index contributed by atoms with van der Waals surface area (Å²) in [7, 11) is 1.80. The number of rotatable bonds is 8. The van der Waals surface area contributed by atoms with Crippen molar-refractivity contribution in [2.24, 2.45) is 0 Å². The molecule has 0 radical (unpaired) electrons. The maximum absolute atomic E-state index is 12.6. The number of methoxy groups -OCH3 is 1. The van der Waals surface area contributed by atoms with Crippen molar-refractivity contribution in [1.29, 1.82) is 0 Å². The Balaban J connectivity index is 1.48. The van der Waals surface area contributed by atoms with Crippen LogP contribution in [0.15, 0.2) is 29.1 Å². The van der Waals surface area contributed by atoms with E-state index in [0.29, 0.717) is 35.5 Å². The van der Waals surface area contributed by atoms with Crippen molar-refractivity contribution in [3.05, 3.63) is 51.7 Å². The van der Waals surface area contributed by atoms with Gasteiger partial charge in [0.2, 0.25) is 0 Å². The van der Waals surface area contributed by atoms with Crippen molar-refractivity contribution in [1.82, 2.24) is 24.4 Å². The number of imidazole rings is 1. The Hall–Kier alpha value is -2.71. The van der Waals surface area contributed by atoms with Gasteiger partial charge in [0.05, 0.1) is 12.6 Å². The number of piperidine rings is 1. The van der Waals surface area contributed by atoms with Gasteiger partial charge in [0.1, 0.15) is 11.3 Å². The molecule has 1 fully saturated rings. The maximum atomic E-state index is 12.6. The monoisotopic (exact) mass is 424 g/mol. The number of nitrogens with two attached hydrogens (primary N) is 1. The number of benzene rings is 1. The summed E-state index contributed by atoms with van der Waals surface area (Å²) in [5.74, 6) is 1.02. The average Bonchev–Trinajstić information content (AvgIpc) is 3.10. The first-order valence-electron chi connectivity index (χ1n) is 11.1. The number of likely N-dealkylation sites (tertiary alicyclic amines) is 1. The highest BCUT2D eigenvalue weighted by molar-refractivity contribution is 5.81. The van der Waals surface area contributed by atoms with Crippen LogP contribution in [0.4, 0.5) is 5.82 Å². The number of hydrogen-bond acceptors (Lipinski definition) is 6. The molecule has 3 N–H and O–H groups in total. The molecule has 3 heterocycles. The van der Waals surface area contributed by atoms with Gasteiger partial charge in [-0.3, -0.25) is 9.47 Å². The van der Waals surface area contributed by atoms with Crippen molar-refractivity contribution < 1.29 is 4.74 Å². The summed E-state index contributed by atoms with van der Waals surface area (Å²) in [5.41, 5.74) is 9.29. The minimum atomic E-state index is -0.214. The number of fused-ring (bicyclic) bond motifs is 1. The zero-order valence-corrected chi connectivity index (χ0v) is 18.4. The van der Waals surface area contributed by atoms with E-state index in [4.69, 9.17) is 10.5 Å². The molecule has 0 aliphatic carbocycles. The molecule has 0 amide bonds. The van der Waals surface area contributed by atoms with Gasteiger partial charge in [-0.05, 0) is 30.4 Å². The van der Waals surface area contributed by atoms with Crippen molar-refractivity contribution in [3.8, 4) is 0 Å². The Morgan fingerprint density at radius 1 is 1.13 bits per heavy atom. The molecule has 3 aromatic rings. The van der Waals surface area contributed by atoms with Crippen LogP contribution in [0.25, 0.3) is 11.2 Å². The molecule has 2 aromatic heterocycles. The van der Waals surface area contributed by atoms with Crippen LogP contribution in [0.5, 0.6) is 0 Å². The smallest absolute Gasteiger partial charge is 0.328 e. The molecule has 1 saturated heterocycles. The quantitative estimate of drug-likeness (QED) is 0.576. The molecule has 0 spiro atoms. The van der Waals surface area contributed by atoms with Crippen LogP contribution < -0.4 is 11.4 Å². The number of nitrogen functional groups attached to an aromatic ring is 1. The maximum Gasteiger partial charge on any atom is 0.328 e. The van der Waals surface area contributed by atoms with Crippen LogP contribution in [-0.2, 0) is 24.2 Å². The summed E-state index contributed by atoms with van der Waals surface area (Å²) in [4.78, 5) is 26.8. The Morgan fingerprint density at radius 2 is 1.81 bits per heavy atom. The second kappa shape index (κ2) is 9.62.